The minimum Gasteiger partial charge on any atom is -0.349 e. The molecule has 0 bridgehead atoms. The molecule has 1 unspecified atom stereocenters. The van der Waals surface area contributed by atoms with Crippen molar-refractivity contribution in [2.24, 2.45) is 5.92 Å². The molecule has 0 aromatic carbocycles. The number of hydrogen-bond acceptors (Lipinski definition) is 7. The van der Waals surface area contributed by atoms with Crippen LogP contribution >= 0.6 is 14.3 Å². The second-order valence-corrected chi connectivity index (χ2v) is 11.6. The Morgan fingerprint density at radius 2 is 2.00 bits per heavy atom. The Hall–Kier alpha value is -0.680. The van der Waals surface area contributed by atoms with Gasteiger partial charge in [-0.05, 0) is 11.8 Å². The van der Waals surface area contributed by atoms with Gasteiger partial charge in [0.1, 0.15) is 6.10 Å². The fourth-order valence-electron chi connectivity index (χ4n) is 2.51. The second-order valence-electron chi connectivity index (χ2n) is 6.46. The summed E-state index contributed by atoms with van der Waals surface area (Å²) in [6.45, 7) is 1.34. The molecule has 5 atom stereocenters. The molecule has 14 heteroatoms. The molecular weight excluding hydrogens is 422 g/mol. The molecular formula is C13H22N2O9P2S. The van der Waals surface area contributed by atoms with Crippen molar-refractivity contribution in [3.8, 4) is 0 Å². The number of rotatable bonds is 7. The van der Waals surface area contributed by atoms with Crippen molar-refractivity contribution >= 4 is 26.1 Å². The Bertz CT molecular complexity index is 879. The number of phosphoric acid groups is 1. The van der Waals surface area contributed by atoms with Gasteiger partial charge in [-0.2, -0.15) is 0 Å². The van der Waals surface area contributed by atoms with Gasteiger partial charge in [0, 0.05) is 23.8 Å². The quantitative estimate of drug-likeness (QED) is 0.430. The Balaban J connectivity index is 2.37. The molecule has 4 N–H and O–H groups in total. The molecule has 1 aromatic rings. The van der Waals surface area contributed by atoms with Crippen LogP contribution in [0.5, 0.6) is 0 Å². The van der Waals surface area contributed by atoms with E-state index in [9.17, 15) is 19.0 Å². The van der Waals surface area contributed by atoms with E-state index in [1.54, 1.807) is 20.8 Å². The monoisotopic (exact) mass is 444 g/mol. The van der Waals surface area contributed by atoms with E-state index in [4.69, 9.17) is 30.9 Å². The van der Waals surface area contributed by atoms with Crippen LogP contribution < -0.4 is 11.2 Å². The highest BCUT2D eigenvalue weighted by atomic mass is 32.5. The summed E-state index contributed by atoms with van der Waals surface area (Å²) in [4.78, 5) is 53.8. The van der Waals surface area contributed by atoms with E-state index in [-0.39, 0.29) is 5.66 Å². The molecule has 154 valence electrons. The van der Waals surface area contributed by atoms with Gasteiger partial charge in [0.05, 0.1) is 12.7 Å². The topological polar surface area (TPSA) is 160 Å². The Kier molecular flexibility index (Phi) is 7.00. The molecule has 2 rings (SSSR count). The number of nitrogens with zero attached hydrogens (tertiary/aromatic N) is 1. The predicted octanol–water partition coefficient (Wildman–Crippen LogP) is 0.275. The van der Waals surface area contributed by atoms with Gasteiger partial charge in [0.2, 0.25) is 0 Å². The molecule has 1 aliphatic heterocycles. The van der Waals surface area contributed by atoms with Crippen LogP contribution in [-0.2, 0) is 30.2 Å². The van der Waals surface area contributed by atoms with Crippen LogP contribution in [0, 0.1) is 5.92 Å². The van der Waals surface area contributed by atoms with Crippen LogP contribution in [0.1, 0.15) is 27.0 Å². The van der Waals surface area contributed by atoms with Gasteiger partial charge in [0.25, 0.3) is 5.56 Å². The van der Waals surface area contributed by atoms with E-state index < -0.39 is 56.5 Å². The first-order valence-corrected chi connectivity index (χ1v) is 12.3. The predicted molar refractivity (Wildman–Crippen MR) is 98.9 cm³/mol. The third-order valence-electron chi connectivity index (χ3n) is 4.16. The number of nitrogens with one attached hydrogen (secondary N) is 1. The van der Waals surface area contributed by atoms with Crippen molar-refractivity contribution in [2.45, 2.75) is 44.9 Å². The highest BCUT2D eigenvalue weighted by Crippen LogP contribution is 2.53. The second kappa shape index (κ2) is 8.36. The van der Waals surface area contributed by atoms with Crippen LogP contribution in [0.3, 0.4) is 0 Å². The number of ether oxygens (including phenoxy) is 1. The lowest BCUT2D eigenvalue weighted by Gasteiger charge is -2.29. The summed E-state index contributed by atoms with van der Waals surface area (Å²) in [7, 11) is -4.73. The lowest BCUT2D eigenvalue weighted by molar-refractivity contribution is -0.0484. The van der Waals surface area contributed by atoms with Crippen molar-refractivity contribution in [1.82, 2.24) is 9.55 Å². The van der Waals surface area contributed by atoms with E-state index in [2.05, 4.69) is 9.51 Å². The van der Waals surface area contributed by atoms with E-state index in [0.717, 1.165) is 10.6 Å². The highest BCUT2D eigenvalue weighted by Gasteiger charge is 2.47. The average Bonchev–Trinajstić information content (AvgIpc) is 2.81. The summed E-state index contributed by atoms with van der Waals surface area (Å²) < 4.78 is 28.0. The minimum atomic E-state index is -4.73. The van der Waals surface area contributed by atoms with Crippen molar-refractivity contribution in [2.75, 3.05) is 6.61 Å². The van der Waals surface area contributed by atoms with E-state index >= 15 is 0 Å². The molecule has 0 saturated carbocycles. The van der Waals surface area contributed by atoms with Crippen LogP contribution in [0.15, 0.2) is 21.9 Å². The van der Waals surface area contributed by atoms with E-state index in [0.29, 0.717) is 0 Å². The first kappa shape index (κ1) is 22.6. The van der Waals surface area contributed by atoms with Crippen LogP contribution in [0.4, 0.5) is 0 Å². The number of phosphoric ester groups is 1. The molecule has 2 heterocycles. The fraction of sp³-hybridized carbons (Fsp3) is 0.692. The standard InChI is InChI=1S/C13H22N2O9P2S/c1-7(2)25(18,27)24-11-8(3)9(6-22-26(19,20)21)23-12(11)15-5-4-10(16)14-13(15)17/h4-5,7-9,11-12H,6H2,1-3H3,(H,18,27)(H,14,16,17)(H2,19,20,21)/t8-,9-,11-,12-,25?/m1/s1. The molecule has 1 saturated heterocycles. The molecule has 0 spiro atoms. The average molecular weight is 444 g/mol. The lowest BCUT2D eigenvalue weighted by Crippen LogP contribution is -2.36. The van der Waals surface area contributed by atoms with Gasteiger partial charge in [-0.1, -0.05) is 20.8 Å². The summed E-state index contributed by atoms with van der Waals surface area (Å²) in [6.07, 6.45) is -1.63. The van der Waals surface area contributed by atoms with Crippen molar-refractivity contribution in [3.05, 3.63) is 33.1 Å². The number of aromatic nitrogens is 2. The summed E-state index contributed by atoms with van der Waals surface area (Å²) in [5.41, 5.74) is -1.73. The summed E-state index contributed by atoms with van der Waals surface area (Å²) in [5, 5.41) is 0. The normalized spacial score (nSPS) is 28.4. The zero-order valence-electron chi connectivity index (χ0n) is 14.8. The van der Waals surface area contributed by atoms with Crippen LogP contribution in [0.25, 0.3) is 0 Å². The van der Waals surface area contributed by atoms with Crippen LogP contribution in [0.2, 0.25) is 0 Å². The molecule has 1 aromatic heterocycles. The maximum absolute atomic E-state index is 12.1. The van der Waals surface area contributed by atoms with Gasteiger partial charge in [-0.3, -0.25) is 18.9 Å². The number of hydrogen-bond donors (Lipinski definition) is 4. The number of H-pyrrole nitrogens is 1. The smallest absolute Gasteiger partial charge is 0.349 e. The van der Waals surface area contributed by atoms with E-state index in [1.165, 1.54) is 6.20 Å². The SMILES string of the molecule is CC(C)P(O)(=S)O[C@@H]1[C@H](C)[C@@H](COP(=O)(O)O)O[C@H]1n1ccc(=O)[nH]c1=O. The Morgan fingerprint density at radius 1 is 1.37 bits per heavy atom. The number of aromatic amines is 1. The third kappa shape index (κ3) is 5.66. The molecule has 1 fully saturated rings. The lowest BCUT2D eigenvalue weighted by atomic mass is 10.0. The van der Waals surface area contributed by atoms with Gasteiger partial charge in [-0.25, -0.2) is 9.36 Å². The largest absolute Gasteiger partial charge is 0.469 e. The summed E-state index contributed by atoms with van der Waals surface area (Å²) in [5.74, 6) is -0.534. The molecule has 0 amide bonds. The van der Waals surface area contributed by atoms with Crippen molar-refractivity contribution in [1.29, 1.82) is 0 Å². The van der Waals surface area contributed by atoms with E-state index in [1.807, 2.05) is 0 Å². The molecule has 27 heavy (non-hydrogen) atoms. The Morgan fingerprint density at radius 3 is 2.52 bits per heavy atom. The first-order chi connectivity index (χ1) is 12.3. The highest BCUT2D eigenvalue weighted by molar-refractivity contribution is 8.09. The van der Waals surface area contributed by atoms with Crippen molar-refractivity contribution in [3.63, 3.8) is 0 Å². The molecule has 0 radical (unpaired) electrons. The fourth-order valence-corrected chi connectivity index (χ4v) is 4.04. The maximum atomic E-state index is 12.1. The van der Waals surface area contributed by atoms with Gasteiger partial charge >= 0.3 is 13.5 Å². The van der Waals surface area contributed by atoms with Gasteiger partial charge in [0.15, 0.2) is 12.7 Å². The zero-order valence-corrected chi connectivity index (χ0v) is 17.4. The zero-order chi connectivity index (χ0) is 20.6. The minimum absolute atomic E-state index is 0.363. The molecule has 0 aliphatic carbocycles. The van der Waals surface area contributed by atoms with Crippen LogP contribution in [-0.4, -0.2) is 48.7 Å². The maximum Gasteiger partial charge on any atom is 0.469 e. The first-order valence-electron chi connectivity index (χ1n) is 7.99. The third-order valence-corrected chi connectivity index (χ3v) is 8.02. The summed E-state index contributed by atoms with van der Waals surface area (Å²) in [6, 6.07) is 1.11. The van der Waals surface area contributed by atoms with Gasteiger partial charge in [-0.15, -0.1) is 0 Å². The Labute approximate surface area is 159 Å². The van der Waals surface area contributed by atoms with Crippen molar-refractivity contribution < 1.29 is 33.0 Å². The van der Waals surface area contributed by atoms with Gasteiger partial charge < -0.3 is 23.9 Å². The molecule has 11 nitrogen and oxygen atoms in total. The molecule has 1 aliphatic rings. The summed E-state index contributed by atoms with van der Waals surface area (Å²) >= 11 is 5.16.